The lowest BCUT2D eigenvalue weighted by atomic mass is 9.96. The topological polar surface area (TPSA) is 46.3 Å². The monoisotopic (exact) mass is 314 g/mol. The Balaban J connectivity index is 1.63. The van der Waals surface area contributed by atoms with Crippen LogP contribution in [0.2, 0.25) is 0 Å². The summed E-state index contributed by atoms with van der Waals surface area (Å²) in [7, 11) is 0. The van der Waals surface area contributed by atoms with Crippen LogP contribution < -0.4 is 0 Å². The highest BCUT2D eigenvalue weighted by molar-refractivity contribution is 7.99. The number of benzene rings is 1. The fraction of sp³-hybridized carbons (Fsp3) is 0.412. The highest BCUT2D eigenvalue weighted by Gasteiger charge is 2.35. The average molecular weight is 314 g/mol. The van der Waals surface area contributed by atoms with Gasteiger partial charge in [-0.1, -0.05) is 35.5 Å². The standard InChI is InChI=1S/C17H18N2O2S/c20-16(15-13-8-4-5-9-14(13)21-18-15)19-10-11-22-17(19)12-6-2-1-3-7-12/h1-3,6-7,17H,4-5,8-11H2. The number of nitrogens with zero attached hydrogens (tertiary/aromatic N) is 2. The number of hydrogen-bond acceptors (Lipinski definition) is 4. The first-order chi connectivity index (χ1) is 10.8. The first-order valence-electron chi connectivity index (χ1n) is 7.79. The number of carbonyl (C=O) groups excluding carboxylic acids is 1. The second kappa shape index (κ2) is 5.80. The zero-order valence-corrected chi connectivity index (χ0v) is 13.1. The molecule has 22 heavy (non-hydrogen) atoms. The molecule has 1 saturated heterocycles. The van der Waals surface area contributed by atoms with Crippen molar-refractivity contribution in [3.63, 3.8) is 0 Å². The maximum absolute atomic E-state index is 13.0. The third-order valence-corrected chi connectivity index (χ3v) is 5.65. The van der Waals surface area contributed by atoms with E-state index in [1.54, 1.807) is 0 Å². The predicted octanol–water partition coefficient (Wildman–Crippen LogP) is 3.44. The summed E-state index contributed by atoms with van der Waals surface area (Å²) in [5.74, 6) is 1.90. The number of amides is 1. The number of hydrogen-bond donors (Lipinski definition) is 0. The van der Waals surface area contributed by atoms with Gasteiger partial charge in [0.1, 0.15) is 11.1 Å². The van der Waals surface area contributed by atoms with E-state index in [0.717, 1.165) is 49.3 Å². The van der Waals surface area contributed by atoms with Gasteiger partial charge in [-0.3, -0.25) is 4.79 Å². The number of rotatable bonds is 2. The van der Waals surface area contributed by atoms with E-state index in [1.165, 1.54) is 5.56 Å². The van der Waals surface area contributed by atoms with Crippen LogP contribution in [0.4, 0.5) is 0 Å². The van der Waals surface area contributed by atoms with Gasteiger partial charge in [0.25, 0.3) is 5.91 Å². The summed E-state index contributed by atoms with van der Waals surface area (Å²) in [6.45, 7) is 0.769. The van der Waals surface area contributed by atoms with E-state index in [1.807, 2.05) is 34.9 Å². The van der Waals surface area contributed by atoms with Crippen molar-refractivity contribution in [1.82, 2.24) is 10.1 Å². The number of fused-ring (bicyclic) bond motifs is 1. The minimum Gasteiger partial charge on any atom is -0.360 e. The van der Waals surface area contributed by atoms with Crippen molar-refractivity contribution in [2.45, 2.75) is 31.1 Å². The molecule has 1 aliphatic heterocycles. The molecular formula is C17H18N2O2S. The molecule has 1 unspecified atom stereocenters. The van der Waals surface area contributed by atoms with E-state index >= 15 is 0 Å². The third kappa shape index (κ3) is 2.33. The van der Waals surface area contributed by atoms with E-state index in [9.17, 15) is 4.79 Å². The van der Waals surface area contributed by atoms with Gasteiger partial charge in [-0.05, 0) is 24.8 Å². The quantitative estimate of drug-likeness (QED) is 0.852. The Morgan fingerprint density at radius 1 is 1.23 bits per heavy atom. The molecule has 1 amide bonds. The molecule has 1 aromatic heterocycles. The molecule has 0 spiro atoms. The summed E-state index contributed by atoms with van der Waals surface area (Å²) in [6.07, 6.45) is 4.07. The Morgan fingerprint density at radius 3 is 2.91 bits per heavy atom. The SMILES string of the molecule is O=C(c1noc2c1CCCC2)N1CCSC1c1ccccc1. The largest absolute Gasteiger partial charge is 0.360 e. The lowest BCUT2D eigenvalue weighted by Gasteiger charge is -2.23. The van der Waals surface area contributed by atoms with Crippen LogP contribution >= 0.6 is 11.8 Å². The molecule has 4 rings (SSSR count). The zero-order chi connectivity index (χ0) is 14.9. The Hall–Kier alpha value is -1.75. The van der Waals surface area contributed by atoms with E-state index in [-0.39, 0.29) is 11.3 Å². The van der Waals surface area contributed by atoms with Gasteiger partial charge in [0.15, 0.2) is 5.69 Å². The Kier molecular flexibility index (Phi) is 3.66. The molecule has 0 N–H and O–H groups in total. The molecule has 4 nitrogen and oxygen atoms in total. The van der Waals surface area contributed by atoms with Crippen LogP contribution in [0.5, 0.6) is 0 Å². The number of aryl methyl sites for hydroxylation is 1. The number of thioether (sulfide) groups is 1. The van der Waals surface area contributed by atoms with Gasteiger partial charge in [0.05, 0.1) is 0 Å². The number of aromatic nitrogens is 1. The third-order valence-electron chi connectivity index (χ3n) is 4.39. The maximum atomic E-state index is 13.0. The molecule has 1 aliphatic carbocycles. The molecule has 2 aliphatic rings. The minimum absolute atomic E-state index is 0.0192. The number of carbonyl (C=O) groups is 1. The van der Waals surface area contributed by atoms with Crippen LogP contribution in [-0.4, -0.2) is 28.3 Å². The fourth-order valence-electron chi connectivity index (χ4n) is 3.26. The maximum Gasteiger partial charge on any atom is 0.277 e. The molecule has 0 bridgehead atoms. The molecular weight excluding hydrogens is 296 g/mol. The molecule has 2 heterocycles. The minimum atomic E-state index is 0.0192. The summed E-state index contributed by atoms with van der Waals surface area (Å²) in [5.41, 5.74) is 2.76. The van der Waals surface area contributed by atoms with Gasteiger partial charge in [0, 0.05) is 24.3 Å². The molecule has 0 radical (unpaired) electrons. The van der Waals surface area contributed by atoms with Crippen LogP contribution in [0.25, 0.3) is 0 Å². The van der Waals surface area contributed by atoms with Crippen LogP contribution in [0, 0.1) is 0 Å². The van der Waals surface area contributed by atoms with Crippen LogP contribution in [0.3, 0.4) is 0 Å². The van der Waals surface area contributed by atoms with Crippen molar-refractivity contribution in [3.8, 4) is 0 Å². The van der Waals surface area contributed by atoms with Crippen molar-refractivity contribution in [1.29, 1.82) is 0 Å². The van der Waals surface area contributed by atoms with Gasteiger partial charge >= 0.3 is 0 Å². The molecule has 2 aromatic rings. The van der Waals surface area contributed by atoms with Crippen molar-refractivity contribution in [2.24, 2.45) is 0 Å². The summed E-state index contributed by atoms with van der Waals surface area (Å²) in [5, 5.41) is 4.18. The second-order valence-corrected chi connectivity index (χ2v) is 6.96. The van der Waals surface area contributed by atoms with Crippen LogP contribution in [0.1, 0.15) is 45.6 Å². The molecule has 114 valence electrons. The highest BCUT2D eigenvalue weighted by atomic mass is 32.2. The summed E-state index contributed by atoms with van der Waals surface area (Å²) >= 11 is 1.81. The smallest absolute Gasteiger partial charge is 0.277 e. The van der Waals surface area contributed by atoms with Crippen molar-refractivity contribution >= 4 is 17.7 Å². The molecule has 5 heteroatoms. The summed E-state index contributed by atoms with van der Waals surface area (Å²) in [4.78, 5) is 14.9. The molecule has 0 saturated carbocycles. The normalized spacial score (nSPS) is 20.9. The summed E-state index contributed by atoms with van der Waals surface area (Å²) < 4.78 is 5.40. The summed E-state index contributed by atoms with van der Waals surface area (Å²) in [6, 6.07) is 10.2. The Labute approximate surface area is 133 Å². The second-order valence-electron chi connectivity index (χ2n) is 5.77. The van der Waals surface area contributed by atoms with Gasteiger partial charge in [0.2, 0.25) is 0 Å². The van der Waals surface area contributed by atoms with E-state index < -0.39 is 0 Å². The lowest BCUT2D eigenvalue weighted by molar-refractivity contribution is 0.0749. The highest BCUT2D eigenvalue weighted by Crippen LogP contribution is 2.39. The van der Waals surface area contributed by atoms with Gasteiger partial charge in [-0.15, -0.1) is 11.8 Å². The van der Waals surface area contributed by atoms with Gasteiger partial charge in [-0.25, -0.2) is 0 Å². The first kappa shape index (κ1) is 13.9. The van der Waals surface area contributed by atoms with E-state index in [2.05, 4.69) is 17.3 Å². The first-order valence-corrected chi connectivity index (χ1v) is 8.84. The van der Waals surface area contributed by atoms with Crippen LogP contribution in [0.15, 0.2) is 34.9 Å². The van der Waals surface area contributed by atoms with Crippen molar-refractivity contribution < 1.29 is 9.32 Å². The fourth-order valence-corrected chi connectivity index (χ4v) is 4.52. The molecule has 1 atom stereocenters. The van der Waals surface area contributed by atoms with Crippen molar-refractivity contribution in [2.75, 3.05) is 12.3 Å². The lowest BCUT2D eigenvalue weighted by Crippen LogP contribution is -2.31. The van der Waals surface area contributed by atoms with Crippen LogP contribution in [-0.2, 0) is 12.8 Å². The van der Waals surface area contributed by atoms with E-state index in [4.69, 9.17) is 4.52 Å². The molecule has 1 aromatic carbocycles. The molecule has 1 fully saturated rings. The van der Waals surface area contributed by atoms with Gasteiger partial charge in [-0.2, -0.15) is 0 Å². The van der Waals surface area contributed by atoms with Gasteiger partial charge < -0.3 is 9.42 Å². The average Bonchev–Trinajstić information content (AvgIpc) is 3.22. The van der Waals surface area contributed by atoms with E-state index in [0.29, 0.717) is 5.69 Å². The van der Waals surface area contributed by atoms with Crippen molar-refractivity contribution in [3.05, 3.63) is 52.9 Å². The zero-order valence-electron chi connectivity index (χ0n) is 12.3. The predicted molar refractivity (Wildman–Crippen MR) is 85.8 cm³/mol. The Morgan fingerprint density at radius 2 is 2.05 bits per heavy atom. The Bertz CT molecular complexity index is 683.